The molecule has 0 bridgehead atoms. The third kappa shape index (κ3) is 5.37. The van der Waals surface area contributed by atoms with Crippen LogP contribution in [0.25, 0.3) is 11.1 Å². The van der Waals surface area contributed by atoms with Gasteiger partial charge in [-0.1, -0.05) is 59.2 Å². The molecule has 0 aliphatic rings. The number of aryl methyl sites for hydroxylation is 1. The van der Waals surface area contributed by atoms with Crippen LogP contribution in [-0.2, 0) is 0 Å². The SMILES string of the molecule is Cc1cc(/C(CC(c2ccc(-c3ccc(C(=O)O)cc3)cc2)c2ccc(F)cc2Cl)=N/O)c[nH]c1=O. The van der Waals surface area contributed by atoms with Crippen molar-refractivity contribution in [2.24, 2.45) is 5.16 Å². The van der Waals surface area contributed by atoms with E-state index in [2.05, 4.69) is 10.1 Å². The van der Waals surface area contributed by atoms with Crippen LogP contribution in [0.2, 0.25) is 5.02 Å². The molecule has 8 heteroatoms. The minimum Gasteiger partial charge on any atom is -0.478 e. The molecule has 36 heavy (non-hydrogen) atoms. The molecule has 0 aliphatic heterocycles. The van der Waals surface area contributed by atoms with Crippen LogP contribution in [-0.4, -0.2) is 27.0 Å². The second-order valence-electron chi connectivity index (χ2n) is 8.37. The van der Waals surface area contributed by atoms with Gasteiger partial charge in [0.1, 0.15) is 5.82 Å². The normalized spacial score (nSPS) is 12.4. The molecule has 0 radical (unpaired) electrons. The molecule has 1 atom stereocenters. The number of H-pyrrole nitrogens is 1. The second-order valence-corrected chi connectivity index (χ2v) is 8.78. The van der Waals surface area contributed by atoms with Crippen molar-refractivity contribution < 1.29 is 19.5 Å². The average Bonchev–Trinajstić information content (AvgIpc) is 2.87. The van der Waals surface area contributed by atoms with Crippen LogP contribution in [0.5, 0.6) is 0 Å². The van der Waals surface area contributed by atoms with Gasteiger partial charge in [-0.2, -0.15) is 0 Å². The van der Waals surface area contributed by atoms with Crippen molar-refractivity contribution in [3.05, 3.63) is 128 Å². The molecule has 0 saturated carbocycles. The van der Waals surface area contributed by atoms with Gasteiger partial charge in [0.25, 0.3) is 5.56 Å². The monoisotopic (exact) mass is 504 g/mol. The number of carboxylic acids is 1. The Morgan fingerprint density at radius 3 is 2.19 bits per heavy atom. The summed E-state index contributed by atoms with van der Waals surface area (Å²) in [5, 5.41) is 22.7. The van der Waals surface area contributed by atoms with Crippen molar-refractivity contribution >= 4 is 23.3 Å². The minimum absolute atomic E-state index is 0.203. The summed E-state index contributed by atoms with van der Waals surface area (Å²) >= 11 is 6.42. The van der Waals surface area contributed by atoms with Gasteiger partial charge in [0.2, 0.25) is 0 Å². The van der Waals surface area contributed by atoms with E-state index in [1.807, 2.05) is 24.3 Å². The molecular weight excluding hydrogens is 483 g/mol. The van der Waals surface area contributed by atoms with Crippen LogP contribution in [0.15, 0.2) is 88.9 Å². The molecule has 3 N–H and O–H groups in total. The first kappa shape index (κ1) is 24.9. The summed E-state index contributed by atoms with van der Waals surface area (Å²) < 4.78 is 13.8. The smallest absolute Gasteiger partial charge is 0.335 e. The molecule has 1 aromatic heterocycles. The fourth-order valence-electron chi connectivity index (χ4n) is 4.08. The summed E-state index contributed by atoms with van der Waals surface area (Å²) in [6, 6.07) is 20.0. The van der Waals surface area contributed by atoms with Gasteiger partial charge in [0.15, 0.2) is 0 Å². The van der Waals surface area contributed by atoms with Crippen LogP contribution < -0.4 is 5.56 Å². The number of hydrogen-bond donors (Lipinski definition) is 3. The van der Waals surface area contributed by atoms with Crippen molar-refractivity contribution in [1.29, 1.82) is 0 Å². The molecule has 0 amide bonds. The number of nitrogens with one attached hydrogen (secondary N) is 1. The number of carbonyl (C=O) groups is 1. The first-order chi connectivity index (χ1) is 17.3. The maximum atomic E-state index is 13.8. The van der Waals surface area contributed by atoms with Gasteiger partial charge >= 0.3 is 5.97 Å². The molecule has 4 rings (SSSR count). The van der Waals surface area contributed by atoms with Gasteiger partial charge in [-0.15, -0.1) is 0 Å². The van der Waals surface area contributed by atoms with Crippen LogP contribution in [0, 0.1) is 12.7 Å². The molecule has 1 unspecified atom stereocenters. The molecule has 3 aromatic carbocycles. The number of oxime groups is 1. The molecule has 182 valence electrons. The summed E-state index contributed by atoms with van der Waals surface area (Å²) in [4.78, 5) is 25.5. The highest BCUT2D eigenvalue weighted by molar-refractivity contribution is 6.31. The van der Waals surface area contributed by atoms with Gasteiger partial charge in [-0.05, 0) is 59.5 Å². The van der Waals surface area contributed by atoms with E-state index in [-0.39, 0.29) is 28.5 Å². The van der Waals surface area contributed by atoms with Gasteiger partial charge in [0, 0.05) is 34.7 Å². The third-order valence-electron chi connectivity index (χ3n) is 6.06. The number of aromatic nitrogens is 1. The molecule has 1 heterocycles. The Labute approximate surface area is 211 Å². The number of benzene rings is 3. The number of carboxylic acid groups (broad SMARTS) is 1. The zero-order chi connectivity index (χ0) is 25.8. The lowest BCUT2D eigenvalue weighted by atomic mass is 9.85. The minimum atomic E-state index is -0.991. The van der Waals surface area contributed by atoms with E-state index in [9.17, 15) is 19.2 Å². The van der Waals surface area contributed by atoms with Crippen molar-refractivity contribution in [1.82, 2.24) is 4.98 Å². The van der Waals surface area contributed by atoms with Gasteiger partial charge in [0.05, 0.1) is 11.3 Å². The molecule has 0 saturated heterocycles. The van der Waals surface area contributed by atoms with E-state index < -0.39 is 11.8 Å². The third-order valence-corrected chi connectivity index (χ3v) is 6.38. The van der Waals surface area contributed by atoms with E-state index in [0.717, 1.165) is 16.7 Å². The van der Waals surface area contributed by atoms with Crippen molar-refractivity contribution in [3.8, 4) is 11.1 Å². The lowest BCUT2D eigenvalue weighted by Crippen LogP contribution is -2.15. The van der Waals surface area contributed by atoms with Crippen molar-refractivity contribution in [3.63, 3.8) is 0 Å². The van der Waals surface area contributed by atoms with Crippen molar-refractivity contribution in [2.45, 2.75) is 19.3 Å². The summed E-state index contributed by atoms with van der Waals surface area (Å²) in [5.41, 5.74) is 4.55. The molecule has 0 fully saturated rings. The van der Waals surface area contributed by atoms with Gasteiger partial charge < -0.3 is 15.3 Å². The predicted octanol–water partition coefficient (Wildman–Crippen LogP) is 6.24. The Hall–Kier alpha value is -4.23. The lowest BCUT2D eigenvalue weighted by molar-refractivity contribution is 0.0697. The topological polar surface area (TPSA) is 103 Å². The van der Waals surface area contributed by atoms with E-state index in [0.29, 0.717) is 22.4 Å². The number of halogens is 2. The average molecular weight is 505 g/mol. The number of hydrogen-bond acceptors (Lipinski definition) is 4. The largest absolute Gasteiger partial charge is 0.478 e. The Morgan fingerprint density at radius 1 is 1.00 bits per heavy atom. The predicted molar refractivity (Wildman–Crippen MR) is 137 cm³/mol. The highest BCUT2D eigenvalue weighted by Gasteiger charge is 2.22. The van der Waals surface area contributed by atoms with E-state index >= 15 is 0 Å². The van der Waals surface area contributed by atoms with Crippen LogP contribution in [0.1, 0.15) is 45.0 Å². The number of nitrogens with zero attached hydrogens (tertiary/aromatic N) is 1. The standard InChI is InChI=1S/C28H22ClFN2O4/c1-16-12-21(15-31-27(16)33)26(32-36)14-24(23-11-10-22(30)13-25(23)29)19-6-2-17(3-7-19)18-4-8-20(9-5-18)28(34)35/h2-13,15,24,36H,14H2,1H3,(H,31,33)(H,34,35)/b32-26+. The molecule has 0 spiro atoms. The molecule has 4 aromatic rings. The number of pyridine rings is 1. The Bertz CT molecular complexity index is 1500. The summed E-state index contributed by atoms with van der Waals surface area (Å²) in [5.74, 6) is -1.84. The fourth-order valence-corrected chi connectivity index (χ4v) is 4.38. The maximum absolute atomic E-state index is 13.8. The lowest BCUT2D eigenvalue weighted by Gasteiger charge is -2.21. The Morgan fingerprint density at radius 2 is 1.64 bits per heavy atom. The second kappa shape index (κ2) is 10.6. The zero-order valence-electron chi connectivity index (χ0n) is 19.2. The highest BCUT2D eigenvalue weighted by Crippen LogP contribution is 2.35. The first-order valence-electron chi connectivity index (χ1n) is 11.1. The van der Waals surface area contributed by atoms with Gasteiger partial charge in [-0.25, -0.2) is 9.18 Å². The van der Waals surface area contributed by atoms with E-state index in [1.165, 1.54) is 18.3 Å². The maximum Gasteiger partial charge on any atom is 0.335 e. The number of aromatic amines is 1. The van der Waals surface area contributed by atoms with E-state index in [1.54, 1.807) is 43.3 Å². The molecular formula is C28H22ClFN2O4. The summed E-state index contributed by atoms with van der Waals surface area (Å²) in [6.07, 6.45) is 1.71. The Kier molecular flexibility index (Phi) is 7.31. The van der Waals surface area contributed by atoms with E-state index in [4.69, 9.17) is 16.7 Å². The van der Waals surface area contributed by atoms with Crippen LogP contribution in [0.4, 0.5) is 4.39 Å². The quantitative estimate of drug-likeness (QED) is 0.157. The Balaban J connectivity index is 1.72. The summed E-state index contributed by atoms with van der Waals surface area (Å²) in [7, 11) is 0. The summed E-state index contributed by atoms with van der Waals surface area (Å²) in [6.45, 7) is 1.66. The number of rotatable bonds is 7. The molecule has 0 aliphatic carbocycles. The molecule has 6 nitrogen and oxygen atoms in total. The van der Waals surface area contributed by atoms with Crippen molar-refractivity contribution in [2.75, 3.05) is 0 Å². The van der Waals surface area contributed by atoms with Crippen LogP contribution in [0.3, 0.4) is 0 Å². The first-order valence-corrected chi connectivity index (χ1v) is 11.4. The zero-order valence-corrected chi connectivity index (χ0v) is 20.0. The van der Waals surface area contributed by atoms with Gasteiger partial charge in [-0.3, -0.25) is 4.79 Å². The highest BCUT2D eigenvalue weighted by atomic mass is 35.5. The number of aromatic carboxylic acids is 1. The fraction of sp³-hybridized carbons (Fsp3) is 0.107. The van der Waals surface area contributed by atoms with Crippen LogP contribution >= 0.6 is 11.6 Å².